The third-order valence-electron chi connectivity index (χ3n) is 1.95. The number of hydrogen-bond acceptors (Lipinski definition) is 2. The second-order valence-corrected chi connectivity index (χ2v) is 18.6. The molecule has 0 heterocycles. The molecule has 0 aliphatic rings. The second-order valence-electron chi connectivity index (χ2n) is 4.12. The van der Waals surface area contributed by atoms with Crippen LogP contribution >= 0.6 is 0 Å². The van der Waals surface area contributed by atoms with E-state index in [-0.39, 0.29) is 11.2 Å². The number of hydrogen-bond donors (Lipinski definition) is 1. The molecule has 1 N–H and O–H groups in total. The van der Waals surface area contributed by atoms with E-state index in [2.05, 4.69) is 14.8 Å². The topological polar surface area (TPSA) is 37.3 Å². The van der Waals surface area contributed by atoms with Crippen molar-refractivity contribution in [3.05, 3.63) is 34.5 Å². The van der Waals surface area contributed by atoms with Crippen LogP contribution < -0.4 is 9.01 Å². The molecular weight excluding hydrogens is 271 g/mol. The van der Waals surface area contributed by atoms with Gasteiger partial charge in [0.15, 0.2) is 0 Å². The first-order chi connectivity index (χ1) is 5.91. The normalized spacial score (nSPS) is 11.3. The van der Waals surface area contributed by atoms with E-state index >= 15 is 0 Å². The van der Waals surface area contributed by atoms with Gasteiger partial charge in [-0.15, -0.1) is 0 Å². The first kappa shape index (κ1) is 10.6. The van der Waals surface area contributed by atoms with Gasteiger partial charge in [0.1, 0.15) is 0 Å². The predicted octanol–water partition coefficient (Wildman–Crippen LogP) is 1.30. The minimum absolute atomic E-state index is 0.165. The van der Waals surface area contributed by atoms with E-state index in [0.29, 0.717) is 0 Å². The van der Waals surface area contributed by atoms with Crippen LogP contribution in [0.5, 0.6) is 5.75 Å². The number of rotatable bonds is 1. The molecule has 70 valence electrons. The summed E-state index contributed by atoms with van der Waals surface area (Å²) in [6.07, 6.45) is 0. The van der Waals surface area contributed by atoms with Crippen LogP contribution in [0.4, 0.5) is 0 Å². The Labute approximate surface area is 82.1 Å². The zero-order chi connectivity index (χ0) is 10.1. The van der Waals surface area contributed by atoms with Crippen LogP contribution in [0, 0.1) is 0 Å². The molecule has 0 amide bonds. The van der Waals surface area contributed by atoms with Crippen molar-refractivity contribution < 1.29 is 5.11 Å². The van der Waals surface area contributed by atoms with E-state index in [1.165, 1.54) is 15.7 Å². The Kier molecular flexibility index (Phi) is 3.01. The van der Waals surface area contributed by atoms with E-state index < -0.39 is 18.4 Å². The summed E-state index contributed by atoms with van der Waals surface area (Å²) in [5.74, 6) is -0.165. The van der Waals surface area contributed by atoms with Crippen molar-refractivity contribution >= 4 is 22.0 Å². The molecule has 0 unspecified atom stereocenters. The maximum atomic E-state index is 11.1. The standard InChI is InChI=1S/C7H5O2.3CH3.Sn/c8-6-4-2-1-3-5-7(6)9;;;;/h2-5H,(H,8,9);3*1H3;. The summed E-state index contributed by atoms with van der Waals surface area (Å²) in [5, 5.41) is 9.18. The van der Waals surface area contributed by atoms with E-state index in [1.807, 2.05) is 12.1 Å². The first-order valence-electron chi connectivity index (χ1n) is 4.25. The number of aromatic hydroxyl groups is 1. The minimum atomic E-state index is -2.09. The monoisotopic (exact) mass is 286 g/mol. The Hall–Kier alpha value is -0.511. The van der Waals surface area contributed by atoms with Crippen molar-refractivity contribution in [1.29, 1.82) is 0 Å². The summed E-state index contributed by atoms with van der Waals surface area (Å²) in [6.45, 7) is 0. The van der Waals surface area contributed by atoms with Crippen molar-refractivity contribution in [1.82, 2.24) is 0 Å². The molecule has 1 rings (SSSR count). The molecule has 1 aromatic rings. The summed E-state index contributed by atoms with van der Waals surface area (Å²) in [7, 11) is 0. The second kappa shape index (κ2) is 3.70. The van der Waals surface area contributed by atoms with Crippen LogP contribution in [0.1, 0.15) is 0 Å². The van der Waals surface area contributed by atoms with Crippen LogP contribution in [0.3, 0.4) is 0 Å². The van der Waals surface area contributed by atoms with Crippen LogP contribution in [0.15, 0.2) is 29.1 Å². The summed E-state index contributed by atoms with van der Waals surface area (Å²) in [6, 6.07) is 6.66. The Balaban J connectivity index is 3.33. The van der Waals surface area contributed by atoms with E-state index in [1.54, 1.807) is 0 Å². The van der Waals surface area contributed by atoms with Crippen LogP contribution in [0.2, 0.25) is 14.8 Å². The van der Waals surface area contributed by atoms with Crippen molar-refractivity contribution in [2.75, 3.05) is 0 Å². The molecule has 2 nitrogen and oxygen atoms in total. The fraction of sp³-hybridized carbons (Fsp3) is 0.300. The molecule has 1 aromatic carbocycles. The molecule has 0 fully saturated rings. The molecule has 3 heteroatoms. The zero-order valence-electron chi connectivity index (χ0n) is 8.16. The SMILES string of the molecule is [CH3][Sn]([CH3])([CH3])[c]1ccc(O)c(=O)cc1. The molecule has 0 aromatic heterocycles. The average Bonchev–Trinajstić information content (AvgIpc) is 2.14. The molecule has 0 spiro atoms. The molecular formula is C10H14O2Sn. The van der Waals surface area contributed by atoms with Crippen LogP contribution in [-0.4, -0.2) is 23.5 Å². The van der Waals surface area contributed by atoms with Crippen molar-refractivity contribution in [2.45, 2.75) is 14.8 Å². The van der Waals surface area contributed by atoms with Crippen LogP contribution in [-0.2, 0) is 0 Å². The maximum absolute atomic E-state index is 11.1. The van der Waals surface area contributed by atoms with Crippen LogP contribution in [0.25, 0.3) is 0 Å². The van der Waals surface area contributed by atoms with Gasteiger partial charge in [-0.2, -0.15) is 0 Å². The fourth-order valence-corrected chi connectivity index (χ4v) is 4.39. The van der Waals surface area contributed by atoms with Crippen molar-refractivity contribution in [2.24, 2.45) is 0 Å². The quantitative estimate of drug-likeness (QED) is 0.790. The van der Waals surface area contributed by atoms with Gasteiger partial charge in [0.05, 0.1) is 0 Å². The summed E-state index contributed by atoms with van der Waals surface area (Å²) in [5.41, 5.74) is -0.304. The van der Waals surface area contributed by atoms with E-state index in [9.17, 15) is 9.90 Å². The third-order valence-corrected chi connectivity index (χ3v) is 7.85. The molecule has 0 saturated carbocycles. The Bertz CT molecular complexity index is 366. The molecule has 0 aliphatic carbocycles. The molecule has 0 bridgehead atoms. The molecule has 0 atom stereocenters. The average molecular weight is 285 g/mol. The summed E-state index contributed by atoms with van der Waals surface area (Å²) in [4.78, 5) is 17.9. The van der Waals surface area contributed by atoms with Crippen molar-refractivity contribution in [3.8, 4) is 5.75 Å². The van der Waals surface area contributed by atoms with E-state index in [4.69, 9.17) is 0 Å². The Morgan fingerprint density at radius 3 is 2.15 bits per heavy atom. The predicted molar refractivity (Wildman–Crippen MR) is 57.4 cm³/mol. The van der Waals surface area contributed by atoms with Gasteiger partial charge in [-0.3, -0.25) is 0 Å². The Morgan fingerprint density at radius 1 is 1.08 bits per heavy atom. The van der Waals surface area contributed by atoms with Gasteiger partial charge in [0.25, 0.3) is 0 Å². The van der Waals surface area contributed by atoms with Crippen molar-refractivity contribution in [3.63, 3.8) is 0 Å². The molecule has 0 saturated heterocycles. The van der Waals surface area contributed by atoms with Gasteiger partial charge in [-0.05, 0) is 0 Å². The van der Waals surface area contributed by atoms with Gasteiger partial charge < -0.3 is 0 Å². The molecule has 0 radical (unpaired) electrons. The van der Waals surface area contributed by atoms with Gasteiger partial charge in [-0.1, -0.05) is 0 Å². The van der Waals surface area contributed by atoms with Gasteiger partial charge >= 0.3 is 82.1 Å². The van der Waals surface area contributed by atoms with E-state index in [0.717, 1.165) is 0 Å². The van der Waals surface area contributed by atoms with Gasteiger partial charge in [0.2, 0.25) is 0 Å². The molecule has 0 aliphatic heterocycles. The molecule has 13 heavy (non-hydrogen) atoms. The fourth-order valence-electron chi connectivity index (χ4n) is 1.06. The van der Waals surface area contributed by atoms with Gasteiger partial charge in [0, 0.05) is 0 Å². The zero-order valence-corrected chi connectivity index (χ0v) is 11.0. The Morgan fingerprint density at radius 2 is 1.62 bits per heavy atom. The summed E-state index contributed by atoms with van der Waals surface area (Å²) >= 11 is -2.09. The first-order valence-corrected chi connectivity index (χ1v) is 14.2. The third kappa shape index (κ3) is 2.72. The van der Waals surface area contributed by atoms with Gasteiger partial charge in [-0.25, -0.2) is 0 Å². The summed E-state index contributed by atoms with van der Waals surface area (Å²) < 4.78 is 1.24.